The van der Waals surface area contributed by atoms with E-state index in [2.05, 4.69) is 15.3 Å². The number of nitriles is 1. The van der Waals surface area contributed by atoms with Crippen molar-refractivity contribution in [1.82, 2.24) is 9.97 Å². The first-order valence-corrected chi connectivity index (χ1v) is 7.57. The van der Waals surface area contributed by atoms with Crippen LogP contribution in [0, 0.1) is 18.3 Å². The van der Waals surface area contributed by atoms with Gasteiger partial charge in [0, 0.05) is 12.3 Å². The van der Waals surface area contributed by atoms with Crippen LogP contribution in [0.15, 0.2) is 54.7 Å². The van der Waals surface area contributed by atoms with E-state index >= 15 is 0 Å². The number of aryl methyl sites for hydroxylation is 1. The molecule has 0 saturated heterocycles. The maximum absolute atomic E-state index is 9.20. The van der Waals surface area contributed by atoms with E-state index < -0.39 is 0 Å². The Balaban J connectivity index is 1.84. The molecule has 3 rings (SSSR count). The van der Waals surface area contributed by atoms with Gasteiger partial charge in [0.25, 0.3) is 0 Å². The van der Waals surface area contributed by atoms with Crippen molar-refractivity contribution < 1.29 is 4.74 Å². The number of halogens is 1. The lowest BCUT2D eigenvalue weighted by Crippen LogP contribution is -1.99. The highest BCUT2D eigenvalue weighted by molar-refractivity contribution is 6.30. The van der Waals surface area contributed by atoms with Gasteiger partial charge >= 0.3 is 0 Å². The Hall–Kier alpha value is -3.10. The molecule has 1 aromatic carbocycles. The summed E-state index contributed by atoms with van der Waals surface area (Å²) in [6.45, 7) is 1.86. The number of pyridine rings is 2. The molecule has 24 heavy (non-hydrogen) atoms. The minimum absolute atomic E-state index is 0.164. The number of nitrogens with zero attached hydrogens (tertiary/aromatic N) is 3. The van der Waals surface area contributed by atoms with Crippen molar-refractivity contribution in [2.24, 2.45) is 0 Å². The molecule has 3 aromatic rings. The minimum Gasteiger partial charge on any atom is -0.439 e. The maximum atomic E-state index is 9.20. The number of benzene rings is 1. The number of anilines is 2. The molecule has 2 aromatic heterocycles. The van der Waals surface area contributed by atoms with Crippen molar-refractivity contribution in [3.63, 3.8) is 0 Å². The monoisotopic (exact) mass is 336 g/mol. The zero-order valence-corrected chi connectivity index (χ0v) is 13.6. The Morgan fingerprint density at radius 1 is 1.08 bits per heavy atom. The quantitative estimate of drug-likeness (QED) is 0.690. The lowest BCUT2D eigenvalue weighted by molar-refractivity contribution is 0.462. The van der Waals surface area contributed by atoms with Crippen LogP contribution in [0.2, 0.25) is 5.15 Å². The molecule has 6 heteroatoms. The third-order valence-corrected chi connectivity index (χ3v) is 3.60. The zero-order valence-electron chi connectivity index (χ0n) is 12.8. The van der Waals surface area contributed by atoms with Gasteiger partial charge in [-0.25, -0.2) is 9.97 Å². The van der Waals surface area contributed by atoms with E-state index in [1.54, 1.807) is 18.3 Å². The molecular weight excluding hydrogens is 324 g/mol. The number of rotatable bonds is 4. The fourth-order valence-electron chi connectivity index (χ4n) is 2.13. The summed E-state index contributed by atoms with van der Waals surface area (Å²) in [6, 6.07) is 16.8. The molecular formula is C18H13ClN4O. The van der Waals surface area contributed by atoms with Crippen molar-refractivity contribution in [3.8, 4) is 17.7 Å². The average Bonchev–Trinajstić information content (AvgIpc) is 2.58. The molecule has 0 aliphatic rings. The van der Waals surface area contributed by atoms with Crippen molar-refractivity contribution in [2.45, 2.75) is 6.92 Å². The normalized spacial score (nSPS) is 10.0. The number of para-hydroxylation sites is 1. The highest BCUT2D eigenvalue weighted by Gasteiger charge is 2.10. The van der Waals surface area contributed by atoms with E-state index in [1.165, 1.54) is 0 Å². The fraction of sp³-hybridized carbons (Fsp3) is 0.0556. The topological polar surface area (TPSA) is 70.8 Å². The first kappa shape index (κ1) is 15.8. The molecule has 118 valence electrons. The van der Waals surface area contributed by atoms with Gasteiger partial charge in [-0.3, -0.25) is 0 Å². The number of hydrogen-bond acceptors (Lipinski definition) is 5. The molecule has 0 spiro atoms. The van der Waals surface area contributed by atoms with Gasteiger partial charge in [0.2, 0.25) is 5.88 Å². The lowest BCUT2D eigenvalue weighted by Gasteiger charge is -2.12. The van der Waals surface area contributed by atoms with E-state index in [1.807, 2.05) is 49.4 Å². The fourth-order valence-corrected chi connectivity index (χ4v) is 2.33. The summed E-state index contributed by atoms with van der Waals surface area (Å²) >= 11 is 5.94. The molecule has 0 aliphatic heterocycles. The Morgan fingerprint density at radius 3 is 2.58 bits per heavy atom. The Morgan fingerprint density at radius 2 is 1.88 bits per heavy atom. The Labute approximate surface area is 144 Å². The molecule has 5 nitrogen and oxygen atoms in total. The largest absolute Gasteiger partial charge is 0.439 e. The summed E-state index contributed by atoms with van der Waals surface area (Å²) in [5.74, 6) is 1.22. The van der Waals surface area contributed by atoms with Crippen molar-refractivity contribution >= 4 is 23.0 Å². The molecule has 0 saturated carbocycles. The molecule has 0 aliphatic carbocycles. The highest BCUT2D eigenvalue weighted by Crippen LogP contribution is 2.28. The summed E-state index contributed by atoms with van der Waals surface area (Å²) in [7, 11) is 0. The van der Waals surface area contributed by atoms with Crippen LogP contribution in [0.1, 0.15) is 11.3 Å². The molecule has 2 heterocycles. The molecule has 0 amide bonds. The standard InChI is InChI=1S/C18H13ClN4O/c1-12-15(23-16-9-10-21-18(19)14(16)11-20)7-8-17(22-12)24-13-5-3-2-4-6-13/h2-10H,1H3,(H,21,23). The van der Waals surface area contributed by atoms with Gasteiger partial charge in [0.05, 0.1) is 17.1 Å². The Kier molecular flexibility index (Phi) is 4.59. The summed E-state index contributed by atoms with van der Waals surface area (Å²) in [5, 5.41) is 12.5. The van der Waals surface area contributed by atoms with Crippen LogP contribution in [-0.2, 0) is 0 Å². The van der Waals surface area contributed by atoms with Crippen LogP contribution in [0.4, 0.5) is 11.4 Å². The van der Waals surface area contributed by atoms with Crippen LogP contribution in [-0.4, -0.2) is 9.97 Å². The zero-order chi connectivity index (χ0) is 16.9. The van der Waals surface area contributed by atoms with E-state index in [0.29, 0.717) is 17.1 Å². The second-order valence-corrected chi connectivity index (χ2v) is 5.32. The summed E-state index contributed by atoms with van der Waals surface area (Å²) in [5.41, 5.74) is 2.37. The lowest BCUT2D eigenvalue weighted by atomic mass is 10.2. The van der Waals surface area contributed by atoms with Gasteiger partial charge in [-0.05, 0) is 31.2 Å². The number of nitrogens with one attached hydrogen (secondary N) is 1. The first-order chi connectivity index (χ1) is 11.7. The minimum atomic E-state index is 0.164. The van der Waals surface area contributed by atoms with Gasteiger partial charge in [0.1, 0.15) is 22.5 Å². The predicted octanol–water partition coefficient (Wildman–Crippen LogP) is 4.85. The third-order valence-electron chi connectivity index (χ3n) is 3.31. The smallest absolute Gasteiger partial charge is 0.219 e. The molecule has 0 atom stereocenters. The summed E-state index contributed by atoms with van der Waals surface area (Å²) in [4.78, 5) is 8.33. The molecule has 0 bridgehead atoms. The second-order valence-electron chi connectivity index (χ2n) is 4.96. The van der Waals surface area contributed by atoms with E-state index in [0.717, 1.165) is 17.1 Å². The van der Waals surface area contributed by atoms with Crippen LogP contribution in [0.3, 0.4) is 0 Å². The summed E-state index contributed by atoms with van der Waals surface area (Å²) < 4.78 is 5.71. The highest BCUT2D eigenvalue weighted by atomic mass is 35.5. The van der Waals surface area contributed by atoms with Crippen molar-refractivity contribution in [1.29, 1.82) is 5.26 Å². The average molecular weight is 337 g/mol. The number of aromatic nitrogens is 2. The van der Waals surface area contributed by atoms with Gasteiger partial charge in [-0.2, -0.15) is 5.26 Å². The van der Waals surface area contributed by atoms with Gasteiger partial charge in [-0.1, -0.05) is 29.8 Å². The molecule has 1 N–H and O–H groups in total. The molecule has 0 radical (unpaired) electrons. The van der Waals surface area contributed by atoms with Crippen LogP contribution in [0.25, 0.3) is 0 Å². The van der Waals surface area contributed by atoms with Crippen LogP contribution >= 0.6 is 11.6 Å². The maximum Gasteiger partial charge on any atom is 0.219 e. The Bertz CT molecular complexity index is 907. The van der Waals surface area contributed by atoms with Gasteiger partial charge < -0.3 is 10.1 Å². The van der Waals surface area contributed by atoms with Crippen LogP contribution < -0.4 is 10.1 Å². The van der Waals surface area contributed by atoms with Crippen LogP contribution in [0.5, 0.6) is 11.6 Å². The first-order valence-electron chi connectivity index (χ1n) is 7.19. The van der Waals surface area contributed by atoms with E-state index in [4.69, 9.17) is 16.3 Å². The van der Waals surface area contributed by atoms with E-state index in [9.17, 15) is 5.26 Å². The number of hydrogen-bond donors (Lipinski definition) is 1. The van der Waals surface area contributed by atoms with Gasteiger partial charge in [0.15, 0.2) is 0 Å². The molecule has 0 fully saturated rings. The van der Waals surface area contributed by atoms with Crippen molar-refractivity contribution in [2.75, 3.05) is 5.32 Å². The van der Waals surface area contributed by atoms with Crippen molar-refractivity contribution in [3.05, 3.63) is 71.1 Å². The second kappa shape index (κ2) is 6.99. The van der Waals surface area contributed by atoms with E-state index in [-0.39, 0.29) is 5.15 Å². The predicted molar refractivity (Wildman–Crippen MR) is 92.7 cm³/mol. The summed E-state index contributed by atoms with van der Waals surface area (Å²) in [6.07, 6.45) is 1.54. The SMILES string of the molecule is Cc1nc(Oc2ccccc2)ccc1Nc1ccnc(Cl)c1C#N. The third kappa shape index (κ3) is 3.45. The molecule has 0 unspecified atom stereocenters. The number of ether oxygens (including phenoxy) is 1. The van der Waals surface area contributed by atoms with Gasteiger partial charge in [-0.15, -0.1) is 0 Å².